The minimum atomic E-state index is -0.959. The quantitative estimate of drug-likeness (QED) is 0.650. The van der Waals surface area contributed by atoms with E-state index in [2.05, 4.69) is 31.3 Å². The van der Waals surface area contributed by atoms with E-state index in [1.165, 1.54) is 10.7 Å². The van der Waals surface area contributed by atoms with Gasteiger partial charge in [-0.25, -0.2) is 23.1 Å². The van der Waals surface area contributed by atoms with Crippen molar-refractivity contribution in [2.24, 2.45) is 0 Å². The Bertz CT molecular complexity index is 999. The molecule has 7 nitrogen and oxygen atoms in total. The standard InChI is InChI=1S/C16H11BrF2N4O3/c1-8-13(15-20-3-2-4-23(15)22-8)16(25)26-7-12(24)21-14-10(17)5-9(18)6-11(14)19/h2-6H,7H2,1H3,(H,21,24). The second-order valence-electron chi connectivity index (χ2n) is 5.22. The van der Waals surface area contributed by atoms with Crippen LogP contribution < -0.4 is 5.32 Å². The predicted octanol–water partition coefficient (Wildman–Crippen LogP) is 2.87. The Morgan fingerprint density at radius 1 is 1.35 bits per heavy atom. The van der Waals surface area contributed by atoms with E-state index < -0.39 is 30.1 Å². The molecule has 0 saturated carbocycles. The van der Waals surface area contributed by atoms with Crippen molar-refractivity contribution >= 4 is 39.1 Å². The Labute approximate surface area is 154 Å². The Morgan fingerprint density at radius 2 is 2.12 bits per heavy atom. The molecular formula is C16H11BrF2N4O3. The van der Waals surface area contributed by atoms with Gasteiger partial charge < -0.3 is 10.1 Å². The molecule has 1 amide bonds. The van der Waals surface area contributed by atoms with Gasteiger partial charge in [0.25, 0.3) is 5.91 Å². The predicted molar refractivity (Wildman–Crippen MR) is 90.7 cm³/mol. The Kier molecular flexibility index (Phi) is 4.94. The molecule has 0 aliphatic heterocycles. The van der Waals surface area contributed by atoms with E-state index in [1.54, 1.807) is 19.2 Å². The molecule has 3 rings (SSSR count). The van der Waals surface area contributed by atoms with Crippen molar-refractivity contribution in [3.63, 3.8) is 0 Å². The zero-order valence-corrected chi connectivity index (χ0v) is 14.9. The molecule has 0 unspecified atom stereocenters. The number of ether oxygens (including phenoxy) is 1. The molecule has 26 heavy (non-hydrogen) atoms. The van der Waals surface area contributed by atoms with Crippen LogP contribution in [0.4, 0.5) is 14.5 Å². The zero-order valence-electron chi connectivity index (χ0n) is 13.3. The highest BCUT2D eigenvalue weighted by atomic mass is 79.9. The summed E-state index contributed by atoms with van der Waals surface area (Å²) in [5.74, 6) is -3.33. The van der Waals surface area contributed by atoms with E-state index in [9.17, 15) is 18.4 Å². The third-order valence-corrected chi connectivity index (χ3v) is 4.01. The number of benzene rings is 1. The van der Waals surface area contributed by atoms with E-state index in [0.717, 1.165) is 6.07 Å². The molecular weight excluding hydrogens is 414 g/mol. The van der Waals surface area contributed by atoms with Crippen LogP contribution in [-0.2, 0) is 9.53 Å². The monoisotopic (exact) mass is 424 g/mol. The van der Waals surface area contributed by atoms with E-state index in [-0.39, 0.29) is 15.7 Å². The van der Waals surface area contributed by atoms with Crippen molar-refractivity contribution in [2.45, 2.75) is 6.92 Å². The van der Waals surface area contributed by atoms with Crippen LogP contribution in [0.1, 0.15) is 16.1 Å². The number of amides is 1. The van der Waals surface area contributed by atoms with Gasteiger partial charge in [0.15, 0.2) is 18.1 Å². The SMILES string of the molecule is Cc1nn2cccnc2c1C(=O)OCC(=O)Nc1c(F)cc(F)cc1Br. The van der Waals surface area contributed by atoms with Crippen molar-refractivity contribution in [2.75, 3.05) is 11.9 Å². The minimum Gasteiger partial charge on any atom is -0.452 e. The highest BCUT2D eigenvalue weighted by molar-refractivity contribution is 9.10. The normalized spacial score (nSPS) is 10.8. The maximum absolute atomic E-state index is 13.7. The van der Waals surface area contributed by atoms with Crippen LogP contribution >= 0.6 is 15.9 Å². The van der Waals surface area contributed by atoms with Crippen molar-refractivity contribution in [3.05, 3.63) is 58.0 Å². The summed E-state index contributed by atoms with van der Waals surface area (Å²) < 4.78 is 33.2. The van der Waals surface area contributed by atoms with Crippen LogP contribution in [0.2, 0.25) is 0 Å². The third-order valence-electron chi connectivity index (χ3n) is 3.38. The lowest BCUT2D eigenvalue weighted by Gasteiger charge is -2.09. The molecule has 2 aromatic heterocycles. The summed E-state index contributed by atoms with van der Waals surface area (Å²) >= 11 is 2.95. The first kappa shape index (κ1) is 17.9. The molecule has 1 aromatic carbocycles. The van der Waals surface area contributed by atoms with Gasteiger partial charge in [0.05, 0.1) is 11.4 Å². The molecule has 0 bridgehead atoms. The van der Waals surface area contributed by atoms with Gasteiger partial charge in [0, 0.05) is 22.9 Å². The summed E-state index contributed by atoms with van der Waals surface area (Å²) in [6.45, 7) is 0.946. The summed E-state index contributed by atoms with van der Waals surface area (Å²) in [6, 6.07) is 3.27. The second-order valence-corrected chi connectivity index (χ2v) is 6.07. The minimum absolute atomic E-state index is 0.0253. The van der Waals surface area contributed by atoms with Gasteiger partial charge in [-0.15, -0.1) is 0 Å². The fourth-order valence-corrected chi connectivity index (χ4v) is 2.78. The zero-order chi connectivity index (χ0) is 18.8. The third kappa shape index (κ3) is 3.54. The molecule has 0 aliphatic carbocycles. The van der Waals surface area contributed by atoms with Gasteiger partial charge in [-0.2, -0.15) is 5.10 Å². The van der Waals surface area contributed by atoms with E-state index in [1.807, 2.05) is 0 Å². The Morgan fingerprint density at radius 3 is 2.85 bits per heavy atom. The topological polar surface area (TPSA) is 85.6 Å². The van der Waals surface area contributed by atoms with Crippen LogP contribution in [-0.4, -0.2) is 33.1 Å². The molecule has 0 aliphatic rings. The lowest BCUT2D eigenvalue weighted by atomic mass is 10.2. The van der Waals surface area contributed by atoms with Gasteiger partial charge in [0.1, 0.15) is 11.4 Å². The lowest BCUT2D eigenvalue weighted by Crippen LogP contribution is -2.22. The highest BCUT2D eigenvalue weighted by Gasteiger charge is 2.21. The maximum Gasteiger partial charge on any atom is 0.344 e. The second kappa shape index (κ2) is 7.16. The van der Waals surface area contributed by atoms with E-state index in [0.29, 0.717) is 17.4 Å². The van der Waals surface area contributed by atoms with Crippen LogP contribution in [0.5, 0.6) is 0 Å². The van der Waals surface area contributed by atoms with E-state index >= 15 is 0 Å². The van der Waals surface area contributed by atoms with Gasteiger partial charge in [0.2, 0.25) is 0 Å². The summed E-state index contributed by atoms with van der Waals surface area (Å²) in [7, 11) is 0. The first-order valence-electron chi connectivity index (χ1n) is 7.28. The molecule has 0 saturated heterocycles. The number of esters is 1. The molecule has 10 heteroatoms. The first-order valence-corrected chi connectivity index (χ1v) is 8.07. The van der Waals surface area contributed by atoms with Crippen LogP contribution in [0.15, 0.2) is 35.1 Å². The number of aryl methyl sites for hydroxylation is 1. The fourth-order valence-electron chi connectivity index (χ4n) is 2.28. The van der Waals surface area contributed by atoms with Crippen molar-refractivity contribution in [3.8, 4) is 0 Å². The summed E-state index contributed by atoms with van der Waals surface area (Å²) in [5.41, 5.74) is 0.568. The molecule has 0 fully saturated rings. The fraction of sp³-hybridized carbons (Fsp3) is 0.125. The summed E-state index contributed by atoms with van der Waals surface area (Å²) in [5, 5.41) is 6.34. The van der Waals surface area contributed by atoms with Crippen molar-refractivity contribution in [1.29, 1.82) is 0 Å². The Balaban J connectivity index is 1.70. The number of nitrogens with one attached hydrogen (secondary N) is 1. The summed E-state index contributed by atoms with van der Waals surface area (Å²) in [4.78, 5) is 28.2. The van der Waals surface area contributed by atoms with E-state index in [4.69, 9.17) is 4.74 Å². The van der Waals surface area contributed by atoms with Gasteiger partial charge >= 0.3 is 5.97 Å². The van der Waals surface area contributed by atoms with Gasteiger partial charge in [-0.3, -0.25) is 4.79 Å². The number of aromatic nitrogens is 3. The number of carbonyl (C=O) groups excluding carboxylic acids is 2. The summed E-state index contributed by atoms with van der Waals surface area (Å²) in [6.07, 6.45) is 3.11. The molecule has 2 heterocycles. The maximum atomic E-state index is 13.7. The number of hydrogen-bond acceptors (Lipinski definition) is 5. The van der Waals surface area contributed by atoms with Crippen molar-refractivity contribution < 1.29 is 23.1 Å². The average molecular weight is 425 g/mol. The molecule has 134 valence electrons. The molecule has 3 aromatic rings. The number of fused-ring (bicyclic) bond motifs is 1. The number of halogens is 3. The number of carbonyl (C=O) groups is 2. The number of rotatable bonds is 4. The number of nitrogens with zero attached hydrogens (tertiary/aromatic N) is 3. The number of anilines is 1. The average Bonchev–Trinajstić information content (AvgIpc) is 2.91. The molecule has 0 spiro atoms. The number of hydrogen-bond donors (Lipinski definition) is 1. The van der Waals surface area contributed by atoms with Crippen LogP contribution in [0.25, 0.3) is 5.65 Å². The van der Waals surface area contributed by atoms with Crippen LogP contribution in [0.3, 0.4) is 0 Å². The Hall–Kier alpha value is -2.88. The molecule has 1 N–H and O–H groups in total. The molecule has 0 radical (unpaired) electrons. The van der Waals surface area contributed by atoms with Gasteiger partial charge in [-0.05, 0) is 35.0 Å². The largest absolute Gasteiger partial charge is 0.452 e. The molecule has 0 atom stereocenters. The van der Waals surface area contributed by atoms with Crippen LogP contribution in [0, 0.1) is 18.6 Å². The first-order chi connectivity index (χ1) is 12.4. The van der Waals surface area contributed by atoms with Crippen molar-refractivity contribution in [1.82, 2.24) is 14.6 Å². The lowest BCUT2D eigenvalue weighted by molar-refractivity contribution is -0.119. The van der Waals surface area contributed by atoms with Gasteiger partial charge in [-0.1, -0.05) is 0 Å². The highest BCUT2D eigenvalue weighted by Crippen LogP contribution is 2.26. The smallest absolute Gasteiger partial charge is 0.344 e.